The fourth-order valence-electron chi connectivity index (χ4n) is 6.57. The predicted molar refractivity (Wildman–Crippen MR) is 247 cm³/mol. The van der Waals surface area contributed by atoms with Crippen LogP contribution in [-0.2, 0) is 43.2 Å². The van der Waals surface area contributed by atoms with Crippen molar-refractivity contribution in [2.45, 2.75) is 162 Å². The van der Waals surface area contributed by atoms with Crippen LogP contribution in [0.2, 0.25) is 0 Å². The van der Waals surface area contributed by atoms with Crippen molar-refractivity contribution in [2.24, 2.45) is 29.4 Å². The van der Waals surface area contributed by atoms with Crippen LogP contribution in [0.15, 0.2) is 50.6 Å². The number of primary amides is 1. The van der Waals surface area contributed by atoms with Crippen LogP contribution in [-0.4, -0.2) is 101 Å². The molecule has 0 rings (SSSR count). The molecule has 0 bridgehead atoms. The van der Waals surface area contributed by atoms with Gasteiger partial charge in [0.1, 0.15) is 48.3 Å². The maximum atomic E-state index is 13.9. The number of nitrogens with two attached hydrogens (primary N) is 1. The molecule has 0 spiro atoms. The summed E-state index contributed by atoms with van der Waals surface area (Å²) in [6.07, 6.45) is 6.51. The maximum absolute atomic E-state index is 13.9. The van der Waals surface area contributed by atoms with E-state index in [1.807, 2.05) is 55.4 Å². The van der Waals surface area contributed by atoms with E-state index in [-0.39, 0.29) is 75.0 Å². The van der Waals surface area contributed by atoms with E-state index in [1.165, 1.54) is 31.2 Å². The lowest BCUT2D eigenvalue weighted by Gasteiger charge is -2.28. The number of amides is 9. The highest BCUT2D eigenvalue weighted by Gasteiger charge is 2.34. The number of hydrogen-bond donors (Lipinski definition) is 9. The first-order valence-corrected chi connectivity index (χ1v) is 22.0. The molecule has 360 valence electrons. The van der Waals surface area contributed by atoms with E-state index in [0.29, 0.717) is 0 Å². The second kappa shape index (κ2) is 30.3. The number of nitrogens with one attached hydrogen (secondary N) is 8. The highest BCUT2D eigenvalue weighted by Crippen LogP contribution is 2.12. The highest BCUT2D eigenvalue weighted by molar-refractivity contribution is 5.98. The van der Waals surface area contributed by atoms with Crippen molar-refractivity contribution in [3.63, 3.8) is 0 Å². The van der Waals surface area contributed by atoms with Crippen LogP contribution in [0.3, 0.4) is 0 Å². The lowest BCUT2D eigenvalue weighted by Crippen LogP contribution is -2.60. The normalized spacial score (nSPS) is 14.8. The Hall–Kier alpha value is -5.81. The Balaban J connectivity index is 6.36. The van der Waals surface area contributed by atoms with Gasteiger partial charge in [0.2, 0.25) is 53.2 Å². The first-order valence-electron chi connectivity index (χ1n) is 22.0. The van der Waals surface area contributed by atoms with Crippen molar-refractivity contribution in [3.8, 4) is 0 Å². The fraction of sp³-hybridized carbons (Fsp3) is 0.630. The standard InChI is InChI=1S/C46H77N9O9/c1-14-18-31(48-30(13)56)40(58)53-36(23-27(7)8)44(62)50-33(20-16-3)42(60)55-38(25-29(11)12)46(64)51-34(21-17-4)43(61)54-37(24-28(9)10)45(63)49-32(19-15-2)41(59)52-35(39(47)57)22-26(5)6/h14-17,26-29,31-38H,1-4,18-25H2,5-13H3,(H2,47,57)(H,48,56)(H,49,63)(H,50,62)(H,51,64)(H,52,59)(H,53,58)(H,54,61)(H,55,60)/t31-,32-,33-,34-,35-,36-,37-,38-/m0/s1. The molecule has 0 saturated carbocycles. The van der Waals surface area contributed by atoms with E-state index >= 15 is 0 Å². The van der Waals surface area contributed by atoms with Gasteiger partial charge in [0, 0.05) is 6.92 Å². The van der Waals surface area contributed by atoms with Crippen LogP contribution in [0, 0.1) is 23.7 Å². The van der Waals surface area contributed by atoms with Crippen molar-refractivity contribution in [2.75, 3.05) is 0 Å². The van der Waals surface area contributed by atoms with Gasteiger partial charge in [-0.15, -0.1) is 26.3 Å². The summed E-state index contributed by atoms with van der Waals surface area (Å²) in [6.45, 7) is 30.7. The van der Waals surface area contributed by atoms with Gasteiger partial charge in [-0.05, 0) is 75.0 Å². The van der Waals surface area contributed by atoms with E-state index in [2.05, 4.69) is 68.9 Å². The molecule has 0 unspecified atom stereocenters. The summed E-state index contributed by atoms with van der Waals surface area (Å²) < 4.78 is 0. The van der Waals surface area contributed by atoms with Gasteiger partial charge in [-0.3, -0.25) is 43.2 Å². The first-order chi connectivity index (χ1) is 29.9. The summed E-state index contributed by atoms with van der Waals surface area (Å²) >= 11 is 0. The van der Waals surface area contributed by atoms with Crippen molar-refractivity contribution < 1.29 is 43.2 Å². The van der Waals surface area contributed by atoms with E-state index in [0.717, 1.165) is 0 Å². The van der Waals surface area contributed by atoms with Crippen LogP contribution < -0.4 is 48.3 Å². The molecule has 0 heterocycles. The number of rotatable bonds is 32. The fourth-order valence-corrected chi connectivity index (χ4v) is 6.57. The minimum Gasteiger partial charge on any atom is -0.368 e. The summed E-state index contributed by atoms with van der Waals surface area (Å²) in [4.78, 5) is 119. The largest absolute Gasteiger partial charge is 0.368 e. The van der Waals surface area contributed by atoms with E-state index < -0.39 is 101 Å². The van der Waals surface area contributed by atoms with Crippen molar-refractivity contribution in [1.29, 1.82) is 0 Å². The third-order valence-corrected chi connectivity index (χ3v) is 9.59. The molecular weight excluding hydrogens is 823 g/mol. The van der Waals surface area contributed by atoms with E-state index in [1.54, 1.807) is 0 Å². The Kier molecular flexibility index (Phi) is 27.6. The van der Waals surface area contributed by atoms with Crippen LogP contribution in [0.4, 0.5) is 0 Å². The van der Waals surface area contributed by atoms with Gasteiger partial charge >= 0.3 is 0 Å². The molecule has 18 heteroatoms. The topological polar surface area (TPSA) is 276 Å². The van der Waals surface area contributed by atoms with Gasteiger partial charge < -0.3 is 48.3 Å². The quantitative estimate of drug-likeness (QED) is 0.0445. The predicted octanol–water partition coefficient (Wildman–Crippen LogP) is 1.86. The first kappa shape index (κ1) is 58.2. The van der Waals surface area contributed by atoms with Crippen molar-refractivity contribution >= 4 is 53.2 Å². The van der Waals surface area contributed by atoms with E-state index in [9.17, 15) is 43.2 Å². The number of carbonyl (C=O) groups is 9. The lowest BCUT2D eigenvalue weighted by molar-refractivity contribution is -0.136. The summed E-state index contributed by atoms with van der Waals surface area (Å²) in [5.41, 5.74) is 5.52. The Morgan fingerprint density at radius 2 is 0.547 bits per heavy atom. The Labute approximate surface area is 380 Å². The molecule has 9 amide bonds. The van der Waals surface area contributed by atoms with Gasteiger partial charge in [0.15, 0.2) is 0 Å². The summed E-state index contributed by atoms with van der Waals surface area (Å²) in [5, 5.41) is 21.2. The zero-order valence-corrected chi connectivity index (χ0v) is 39.5. The minimum atomic E-state index is -1.25. The smallest absolute Gasteiger partial charge is 0.243 e. The molecule has 0 aromatic carbocycles. The SMILES string of the molecule is C=CC[C@H](NC(C)=O)C(=O)N[C@@H](CC(C)C)C(=O)N[C@@H](CC=C)C(=O)N[C@@H](CC(C)C)C(=O)N[C@@H](CC=C)C(=O)N[C@@H](CC(C)C)C(=O)N[C@@H](CC=C)C(=O)N[C@@H](CC(C)C)C(N)=O. The van der Waals surface area contributed by atoms with Gasteiger partial charge in [-0.1, -0.05) is 79.7 Å². The van der Waals surface area contributed by atoms with Crippen LogP contribution in [0.25, 0.3) is 0 Å². The van der Waals surface area contributed by atoms with E-state index in [4.69, 9.17) is 5.73 Å². The summed E-state index contributed by atoms with van der Waals surface area (Å²) in [5.74, 6) is -6.24. The molecule has 0 radical (unpaired) electrons. The van der Waals surface area contributed by atoms with Gasteiger partial charge in [0.25, 0.3) is 0 Å². The van der Waals surface area contributed by atoms with Crippen LogP contribution in [0.1, 0.15) is 114 Å². The molecular formula is C46H77N9O9. The summed E-state index contributed by atoms with van der Waals surface area (Å²) in [7, 11) is 0. The molecule has 0 fully saturated rings. The molecule has 0 aromatic heterocycles. The average Bonchev–Trinajstić information content (AvgIpc) is 3.17. The Morgan fingerprint density at radius 3 is 0.750 bits per heavy atom. The van der Waals surface area contributed by atoms with Gasteiger partial charge in [-0.25, -0.2) is 0 Å². The maximum Gasteiger partial charge on any atom is 0.243 e. The second-order valence-electron chi connectivity index (χ2n) is 17.7. The Morgan fingerprint density at radius 1 is 0.359 bits per heavy atom. The zero-order chi connectivity index (χ0) is 49.3. The van der Waals surface area contributed by atoms with Gasteiger partial charge in [-0.2, -0.15) is 0 Å². The second-order valence-corrected chi connectivity index (χ2v) is 17.7. The monoisotopic (exact) mass is 900 g/mol. The molecule has 8 atom stereocenters. The molecule has 18 nitrogen and oxygen atoms in total. The third kappa shape index (κ3) is 23.0. The third-order valence-electron chi connectivity index (χ3n) is 9.59. The lowest BCUT2D eigenvalue weighted by atomic mass is 10.00. The van der Waals surface area contributed by atoms with Gasteiger partial charge in [0.05, 0.1) is 0 Å². The molecule has 10 N–H and O–H groups in total. The molecule has 0 aliphatic carbocycles. The number of carbonyl (C=O) groups excluding carboxylic acids is 9. The molecule has 0 aliphatic rings. The van der Waals surface area contributed by atoms with Crippen LogP contribution >= 0.6 is 0 Å². The Bertz CT molecular complexity index is 1650. The molecule has 0 aliphatic heterocycles. The van der Waals surface area contributed by atoms with Crippen molar-refractivity contribution in [1.82, 2.24) is 42.5 Å². The zero-order valence-electron chi connectivity index (χ0n) is 39.5. The highest BCUT2D eigenvalue weighted by atomic mass is 16.2. The van der Waals surface area contributed by atoms with Crippen molar-refractivity contribution in [3.05, 3.63) is 50.6 Å². The molecule has 0 aromatic rings. The summed E-state index contributed by atoms with van der Waals surface area (Å²) in [6, 6.07) is -8.98. The molecule has 0 saturated heterocycles. The minimum absolute atomic E-state index is 0.00800. The van der Waals surface area contributed by atoms with Crippen LogP contribution in [0.5, 0.6) is 0 Å². The number of hydrogen-bond acceptors (Lipinski definition) is 9. The molecule has 64 heavy (non-hydrogen) atoms. The average molecular weight is 900 g/mol.